The molecule has 0 unspecified atom stereocenters. The Hall–Kier alpha value is 3.33. The maximum absolute atomic E-state index is 9.16. The number of rotatable bonds is 2. The van der Waals surface area contributed by atoms with E-state index in [4.69, 9.17) is 75.4 Å². The van der Waals surface area contributed by atoms with Crippen molar-refractivity contribution >= 4 is 138 Å². The number of hydrogen-bond acceptors (Lipinski definition) is 3. The van der Waals surface area contributed by atoms with Crippen LogP contribution in [-0.2, 0) is 13.0 Å². The molecule has 0 aromatic carbocycles. The highest BCUT2D eigenvalue weighted by Gasteiger charge is 2.41. The van der Waals surface area contributed by atoms with Crippen molar-refractivity contribution in [1.29, 1.82) is 0 Å². The van der Waals surface area contributed by atoms with E-state index >= 15 is 0 Å². The fraction of sp³-hybridized carbons (Fsp3) is 0. The summed E-state index contributed by atoms with van der Waals surface area (Å²) in [6.07, 6.45) is -6.42. The summed E-state index contributed by atoms with van der Waals surface area (Å²) in [5.74, 6) is 0. The van der Waals surface area contributed by atoms with Crippen LogP contribution in [0.4, 0.5) is 0 Å². The maximum Gasteiger partial charge on any atom is 0.493 e. The van der Waals surface area contributed by atoms with E-state index in [1.165, 1.54) is 0 Å². The first kappa shape index (κ1) is 25.3. The van der Waals surface area contributed by atoms with Crippen LogP contribution in [0.15, 0.2) is 0 Å². The molecule has 0 radical (unpaired) electrons. The van der Waals surface area contributed by atoms with Gasteiger partial charge >= 0.3 is 27.1 Å². The second-order valence-corrected chi connectivity index (χ2v) is 23.3. The maximum atomic E-state index is 9.16. The Balaban J connectivity index is -0.000000205. The summed E-state index contributed by atoms with van der Waals surface area (Å²) >= 11 is 49.8. The normalized spacial score (nSPS) is 10.5. The van der Waals surface area contributed by atoms with Crippen LogP contribution in [-0.4, -0.2) is 27.1 Å². The molecule has 0 bridgehead atoms. The van der Waals surface area contributed by atoms with Crippen LogP contribution < -0.4 is 0 Å². The molecule has 0 rings (SSSR count). The third kappa shape index (κ3) is 66.7. The Labute approximate surface area is 149 Å². The van der Waals surface area contributed by atoms with Crippen LogP contribution in [0.2, 0.25) is 0 Å². The quantitative estimate of drug-likeness (QED) is 0.382. The Morgan fingerprint density at radius 3 is 0.765 bits per heavy atom. The largest absolute Gasteiger partial charge is 0.493 e. The van der Waals surface area contributed by atoms with Gasteiger partial charge in [-0.25, -0.2) is 0 Å². The zero-order chi connectivity index (χ0) is 14.9. The molecule has 0 saturated carbocycles. The van der Waals surface area contributed by atoms with E-state index in [1.807, 2.05) is 0 Å². The molecule has 0 aromatic rings. The summed E-state index contributed by atoms with van der Waals surface area (Å²) < 4.78 is 22.8. The predicted molar refractivity (Wildman–Crippen MR) is 84.0 cm³/mol. The summed E-state index contributed by atoms with van der Waals surface area (Å²) in [4.78, 5) is 0. The van der Waals surface area contributed by atoms with Crippen LogP contribution in [0, 0.1) is 0 Å². The molecule has 17 heavy (non-hydrogen) atoms. The van der Waals surface area contributed by atoms with Crippen LogP contribution in [0.5, 0.6) is 0 Å². The molecule has 104 valence electrons. The zero-order valence-corrected chi connectivity index (χ0v) is 18.6. The Morgan fingerprint density at radius 2 is 0.765 bits per heavy atom. The van der Waals surface area contributed by atoms with Crippen molar-refractivity contribution in [2.45, 2.75) is 0 Å². The van der Waals surface area contributed by atoms with E-state index in [-0.39, 0.29) is 0 Å². The highest BCUT2D eigenvalue weighted by Crippen LogP contribution is 2.32. The standard InChI is InChI=1S/Cl6OSi2.2Cl2OSi/c1-8(2,3)7-9(4,5)6;2*1-4(2)3. The van der Waals surface area contributed by atoms with E-state index in [1.54, 1.807) is 0 Å². The average molecular weight is 515 g/mol. The van der Waals surface area contributed by atoms with Crippen molar-refractivity contribution < 1.29 is 13.0 Å². The molecule has 0 saturated heterocycles. The van der Waals surface area contributed by atoms with Crippen LogP contribution >= 0.6 is 111 Å². The minimum Gasteiger partial charge on any atom is -0.387 e. The number of halogens is 10. The summed E-state index contributed by atoms with van der Waals surface area (Å²) in [5.41, 5.74) is 0. The lowest BCUT2D eigenvalue weighted by Crippen LogP contribution is -2.29. The lowest BCUT2D eigenvalue weighted by atomic mass is 15.8. The molecule has 0 amide bonds. The van der Waals surface area contributed by atoms with Gasteiger partial charge in [-0.15, -0.1) is 0 Å². The fourth-order valence-corrected chi connectivity index (χ4v) is 10.6. The minimum absolute atomic E-state index is 2.19. The fourth-order valence-electron chi connectivity index (χ4n) is 0.131. The van der Waals surface area contributed by atoms with E-state index in [9.17, 15) is 0 Å². The monoisotopic (exact) mass is 510 g/mol. The topological polar surface area (TPSA) is 43.4 Å². The second-order valence-electron chi connectivity index (χ2n) is 1.45. The molecule has 3 nitrogen and oxygen atoms in total. The van der Waals surface area contributed by atoms with Gasteiger partial charge in [-0.05, 0) is 0 Å². The SMILES string of the molecule is Cl[Si](Cl)(Cl)O[Si](Cl)(Cl)Cl.O=[Si](Cl)Cl.O=[Si](Cl)Cl. The van der Waals surface area contributed by atoms with Crippen molar-refractivity contribution in [1.82, 2.24) is 0 Å². The van der Waals surface area contributed by atoms with E-state index in [0.29, 0.717) is 0 Å². The summed E-state index contributed by atoms with van der Waals surface area (Å²) in [5, 5.41) is 0. The van der Waals surface area contributed by atoms with Crippen molar-refractivity contribution in [3.8, 4) is 0 Å². The van der Waals surface area contributed by atoms with Crippen molar-refractivity contribution in [3.05, 3.63) is 0 Å². The van der Waals surface area contributed by atoms with Crippen LogP contribution in [0.25, 0.3) is 0 Å². The first-order chi connectivity index (χ1) is 7.17. The van der Waals surface area contributed by atoms with Gasteiger partial charge < -0.3 is 13.0 Å². The molecule has 0 fully saturated rings. The van der Waals surface area contributed by atoms with Gasteiger partial charge in [0, 0.05) is 0 Å². The van der Waals surface area contributed by atoms with Gasteiger partial charge in [0.05, 0.1) is 0 Å². The molecule has 0 heterocycles. The van der Waals surface area contributed by atoms with Crippen LogP contribution in [0.3, 0.4) is 0 Å². The molecule has 0 atom stereocenters. The Kier molecular flexibility index (Phi) is 19.4. The van der Waals surface area contributed by atoms with Crippen molar-refractivity contribution in [2.75, 3.05) is 0 Å². The van der Waals surface area contributed by atoms with Gasteiger partial charge in [-0.1, -0.05) is 111 Å². The van der Waals surface area contributed by atoms with Crippen molar-refractivity contribution in [2.24, 2.45) is 0 Å². The van der Waals surface area contributed by atoms with Gasteiger partial charge in [0.2, 0.25) is 0 Å². The Bertz CT molecular complexity index is 197. The average Bonchev–Trinajstić information content (AvgIpc) is 1.70. The number of hydrogen-bond donors (Lipinski definition) is 0. The minimum atomic E-state index is -3.21. The lowest BCUT2D eigenvalue weighted by molar-refractivity contribution is 0.581. The third-order valence-electron chi connectivity index (χ3n) is 0.231. The molecule has 0 aromatic heterocycles. The van der Waals surface area contributed by atoms with Gasteiger partial charge in [0.25, 0.3) is 0 Å². The molecule has 0 aliphatic rings. The zero-order valence-electron chi connectivity index (χ0n) is 7.00. The molecule has 0 spiro atoms. The van der Waals surface area contributed by atoms with Gasteiger partial charge in [-0.3, -0.25) is 0 Å². The van der Waals surface area contributed by atoms with Gasteiger partial charge in [0.1, 0.15) is 0 Å². The molecule has 0 aliphatic heterocycles. The first-order valence-electron chi connectivity index (χ1n) is 2.71. The first-order valence-corrected chi connectivity index (χ1v) is 19.5. The molecule has 0 aliphatic carbocycles. The van der Waals surface area contributed by atoms with Crippen LogP contribution in [0.1, 0.15) is 0 Å². The summed E-state index contributed by atoms with van der Waals surface area (Å²) in [6, 6.07) is 0. The summed E-state index contributed by atoms with van der Waals surface area (Å²) in [7, 11) is -4.37. The molecular weight excluding hydrogens is 515 g/mol. The van der Waals surface area contributed by atoms with Crippen molar-refractivity contribution in [3.63, 3.8) is 0 Å². The van der Waals surface area contributed by atoms with Gasteiger partial charge in [0.15, 0.2) is 0 Å². The van der Waals surface area contributed by atoms with E-state index < -0.39 is 27.1 Å². The second kappa shape index (κ2) is 13.0. The lowest BCUT2D eigenvalue weighted by Gasteiger charge is -2.13. The molecular formula is Cl10O3Si4. The molecule has 17 heteroatoms. The highest BCUT2D eigenvalue weighted by molar-refractivity contribution is 7.70. The Morgan fingerprint density at radius 1 is 0.647 bits per heavy atom. The highest BCUT2D eigenvalue weighted by atomic mass is 35.9. The van der Waals surface area contributed by atoms with Gasteiger partial charge in [-0.2, -0.15) is 0 Å². The predicted octanol–water partition coefficient (Wildman–Crippen LogP) is 5.07. The smallest absolute Gasteiger partial charge is 0.387 e. The summed E-state index contributed by atoms with van der Waals surface area (Å²) in [6.45, 7) is 0. The van der Waals surface area contributed by atoms with E-state index in [0.717, 1.165) is 0 Å². The third-order valence-corrected chi connectivity index (χ3v) is 6.25. The molecule has 0 N–H and O–H groups in total. The van der Waals surface area contributed by atoms with E-state index in [2.05, 4.69) is 48.4 Å².